The zero-order valence-corrected chi connectivity index (χ0v) is 11.8. The van der Waals surface area contributed by atoms with Crippen LogP contribution in [0.25, 0.3) is 11.3 Å². The van der Waals surface area contributed by atoms with Crippen molar-refractivity contribution in [1.82, 2.24) is 9.97 Å². The van der Waals surface area contributed by atoms with E-state index in [1.807, 2.05) is 14.0 Å². The summed E-state index contributed by atoms with van der Waals surface area (Å²) in [6.45, 7) is 6.68. The number of anilines is 1. The number of hydrogen-bond donors (Lipinski definition) is 1. The summed E-state index contributed by atoms with van der Waals surface area (Å²) in [5.74, 6) is 0.565. The third-order valence-electron chi connectivity index (χ3n) is 3.02. The van der Waals surface area contributed by atoms with Gasteiger partial charge in [0, 0.05) is 18.3 Å². The molecule has 0 bridgehead atoms. The van der Waals surface area contributed by atoms with Crippen molar-refractivity contribution in [3.63, 3.8) is 0 Å². The van der Waals surface area contributed by atoms with E-state index in [0.29, 0.717) is 12.5 Å². The lowest BCUT2D eigenvalue weighted by Gasteiger charge is -2.12. The number of aromatic nitrogens is 2. The van der Waals surface area contributed by atoms with Gasteiger partial charge >= 0.3 is 0 Å². The standard InChI is InChI=1S/C15H19N3O/c1-5-19-15-9-17-8-14(18-15)12-6-11(3)13(16-4)7-10(12)2/h6-9,16H,5H2,1-4H3. The maximum Gasteiger partial charge on any atom is 0.232 e. The summed E-state index contributed by atoms with van der Waals surface area (Å²) in [5.41, 5.74) is 5.42. The molecule has 1 heterocycles. The van der Waals surface area contributed by atoms with Crippen LogP contribution in [0.3, 0.4) is 0 Å². The second kappa shape index (κ2) is 5.69. The van der Waals surface area contributed by atoms with Gasteiger partial charge in [0.15, 0.2) is 0 Å². The summed E-state index contributed by atoms with van der Waals surface area (Å²) >= 11 is 0. The minimum absolute atomic E-state index is 0.565. The van der Waals surface area contributed by atoms with E-state index in [9.17, 15) is 0 Å². The molecule has 0 radical (unpaired) electrons. The van der Waals surface area contributed by atoms with Gasteiger partial charge < -0.3 is 10.1 Å². The molecule has 0 unspecified atom stereocenters. The Hall–Kier alpha value is -2.10. The highest BCUT2D eigenvalue weighted by Crippen LogP contribution is 2.28. The Balaban J connectivity index is 2.46. The van der Waals surface area contributed by atoms with E-state index in [4.69, 9.17) is 4.74 Å². The first-order valence-electron chi connectivity index (χ1n) is 6.40. The molecule has 0 aliphatic rings. The van der Waals surface area contributed by atoms with E-state index in [2.05, 4.69) is 41.3 Å². The van der Waals surface area contributed by atoms with Crippen LogP contribution < -0.4 is 10.1 Å². The number of rotatable bonds is 4. The predicted octanol–water partition coefficient (Wildman–Crippen LogP) is 3.20. The summed E-state index contributed by atoms with van der Waals surface area (Å²) < 4.78 is 5.40. The number of benzene rings is 1. The second-order valence-corrected chi connectivity index (χ2v) is 4.41. The fourth-order valence-corrected chi connectivity index (χ4v) is 2.06. The molecule has 1 N–H and O–H groups in total. The highest BCUT2D eigenvalue weighted by atomic mass is 16.5. The molecule has 0 aliphatic carbocycles. The molecule has 0 amide bonds. The molecule has 0 aliphatic heterocycles. The van der Waals surface area contributed by atoms with E-state index in [0.717, 1.165) is 22.5 Å². The van der Waals surface area contributed by atoms with Gasteiger partial charge in [-0.15, -0.1) is 0 Å². The van der Waals surface area contributed by atoms with Crippen molar-refractivity contribution in [2.75, 3.05) is 19.0 Å². The fraction of sp³-hybridized carbons (Fsp3) is 0.333. The van der Waals surface area contributed by atoms with Gasteiger partial charge in [0.05, 0.1) is 24.7 Å². The molecule has 2 aromatic rings. The van der Waals surface area contributed by atoms with E-state index >= 15 is 0 Å². The quantitative estimate of drug-likeness (QED) is 0.913. The van der Waals surface area contributed by atoms with Gasteiger partial charge in [0.25, 0.3) is 0 Å². The molecule has 0 spiro atoms. The Morgan fingerprint density at radius 3 is 2.63 bits per heavy atom. The smallest absolute Gasteiger partial charge is 0.232 e. The molecule has 4 nitrogen and oxygen atoms in total. The molecule has 0 fully saturated rings. The summed E-state index contributed by atoms with van der Waals surface area (Å²) in [6.07, 6.45) is 3.40. The zero-order valence-electron chi connectivity index (χ0n) is 11.8. The first-order chi connectivity index (χ1) is 9.15. The van der Waals surface area contributed by atoms with Crippen molar-refractivity contribution in [2.24, 2.45) is 0 Å². The van der Waals surface area contributed by atoms with Crippen molar-refractivity contribution >= 4 is 5.69 Å². The predicted molar refractivity (Wildman–Crippen MR) is 77.7 cm³/mol. The van der Waals surface area contributed by atoms with Crippen LogP contribution in [0.15, 0.2) is 24.5 Å². The largest absolute Gasteiger partial charge is 0.477 e. The summed E-state index contributed by atoms with van der Waals surface area (Å²) in [7, 11) is 1.93. The Morgan fingerprint density at radius 1 is 1.16 bits per heavy atom. The topological polar surface area (TPSA) is 47.0 Å². The average molecular weight is 257 g/mol. The van der Waals surface area contributed by atoms with Crippen LogP contribution in [0.5, 0.6) is 5.88 Å². The Morgan fingerprint density at radius 2 is 1.95 bits per heavy atom. The molecular weight excluding hydrogens is 238 g/mol. The van der Waals surface area contributed by atoms with Gasteiger partial charge in [-0.1, -0.05) is 0 Å². The molecule has 100 valence electrons. The minimum atomic E-state index is 0.565. The Bertz CT molecular complexity index is 582. The highest BCUT2D eigenvalue weighted by molar-refractivity contribution is 5.69. The van der Waals surface area contributed by atoms with Gasteiger partial charge in [0.2, 0.25) is 5.88 Å². The van der Waals surface area contributed by atoms with Crippen LogP contribution in [-0.4, -0.2) is 23.6 Å². The van der Waals surface area contributed by atoms with E-state index in [1.165, 1.54) is 5.56 Å². The maximum absolute atomic E-state index is 5.40. The van der Waals surface area contributed by atoms with Crippen LogP contribution in [0.2, 0.25) is 0 Å². The second-order valence-electron chi connectivity index (χ2n) is 4.41. The lowest BCUT2D eigenvalue weighted by molar-refractivity contribution is 0.325. The van der Waals surface area contributed by atoms with Gasteiger partial charge in [-0.05, 0) is 44.0 Å². The summed E-state index contributed by atoms with van der Waals surface area (Å²) in [6, 6.07) is 4.25. The van der Waals surface area contributed by atoms with Crippen molar-refractivity contribution in [3.8, 4) is 17.1 Å². The number of ether oxygens (including phenoxy) is 1. The van der Waals surface area contributed by atoms with Gasteiger partial charge in [-0.25, -0.2) is 4.98 Å². The molecule has 1 aromatic heterocycles. The molecule has 19 heavy (non-hydrogen) atoms. The summed E-state index contributed by atoms with van der Waals surface area (Å²) in [5, 5.41) is 3.19. The third-order valence-corrected chi connectivity index (χ3v) is 3.02. The van der Waals surface area contributed by atoms with E-state index < -0.39 is 0 Å². The Labute approximate surface area is 113 Å². The van der Waals surface area contributed by atoms with Crippen molar-refractivity contribution in [1.29, 1.82) is 0 Å². The fourth-order valence-electron chi connectivity index (χ4n) is 2.06. The van der Waals surface area contributed by atoms with E-state index in [-0.39, 0.29) is 0 Å². The lowest BCUT2D eigenvalue weighted by atomic mass is 10.0. The maximum atomic E-state index is 5.40. The normalized spacial score (nSPS) is 10.3. The van der Waals surface area contributed by atoms with Crippen LogP contribution in [0.1, 0.15) is 18.1 Å². The SMILES string of the molecule is CCOc1cncc(-c2cc(C)c(NC)cc2C)n1. The monoisotopic (exact) mass is 257 g/mol. The highest BCUT2D eigenvalue weighted by Gasteiger charge is 2.08. The van der Waals surface area contributed by atoms with E-state index in [1.54, 1.807) is 12.4 Å². The van der Waals surface area contributed by atoms with Crippen LogP contribution in [0.4, 0.5) is 5.69 Å². The van der Waals surface area contributed by atoms with Crippen molar-refractivity contribution in [2.45, 2.75) is 20.8 Å². The molecule has 1 aromatic carbocycles. The minimum Gasteiger partial charge on any atom is -0.477 e. The third kappa shape index (κ3) is 2.84. The molecule has 0 atom stereocenters. The van der Waals surface area contributed by atoms with Crippen LogP contribution in [-0.2, 0) is 0 Å². The summed E-state index contributed by atoms with van der Waals surface area (Å²) in [4.78, 5) is 8.67. The van der Waals surface area contributed by atoms with Gasteiger partial charge in [-0.2, -0.15) is 0 Å². The van der Waals surface area contributed by atoms with Crippen LogP contribution in [0, 0.1) is 13.8 Å². The van der Waals surface area contributed by atoms with Crippen molar-refractivity contribution < 1.29 is 4.74 Å². The molecule has 4 heteroatoms. The number of nitrogens with one attached hydrogen (secondary N) is 1. The first kappa shape index (κ1) is 13.3. The van der Waals surface area contributed by atoms with Gasteiger partial charge in [0.1, 0.15) is 0 Å². The number of hydrogen-bond acceptors (Lipinski definition) is 4. The average Bonchev–Trinajstić information content (AvgIpc) is 2.41. The Kier molecular flexibility index (Phi) is 4.00. The van der Waals surface area contributed by atoms with Crippen molar-refractivity contribution in [3.05, 3.63) is 35.7 Å². The molecule has 0 saturated carbocycles. The lowest BCUT2D eigenvalue weighted by Crippen LogP contribution is -1.99. The van der Waals surface area contributed by atoms with Gasteiger partial charge in [-0.3, -0.25) is 4.98 Å². The molecule has 2 rings (SSSR count). The number of nitrogens with zero attached hydrogens (tertiary/aromatic N) is 2. The zero-order chi connectivity index (χ0) is 13.8. The first-order valence-corrected chi connectivity index (χ1v) is 6.40. The number of aryl methyl sites for hydroxylation is 2. The molecular formula is C15H19N3O. The molecule has 0 saturated heterocycles. The van der Waals surface area contributed by atoms with Crippen LogP contribution >= 0.6 is 0 Å².